The molecule has 0 atom stereocenters. The zero-order valence-electron chi connectivity index (χ0n) is 11.2. The molecule has 2 heterocycles. The maximum Gasteiger partial charge on any atom is 0.241 e. The van der Waals surface area contributed by atoms with E-state index < -0.39 is 0 Å². The van der Waals surface area contributed by atoms with Crippen molar-refractivity contribution in [2.45, 2.75) is 38.3 Å². The van der Waals surface area contributed by atoms with Gasteiger partial charge in [-0.2, -0.15) is 10.1 Å². The molecule has 0 bridgehead atoms. The maximum atomic E-state index is 8.86. The molecular formula is C12H18N6O2. The van der Waals surface area contributed by atoms with E-state index in [1.807, 2.05) is 0 Å². The third-order valence-electron chi connectivity index (χ3n) is 3.35. The van der Waals surface area contributed by atoms with Gasteiger partial charge in [0.15, 0.2) is 5.82 Å². The van der Waals surface area contributed by atoms with Gasteiger partial charge >= 0.3 is 0 Å². The number of nitrogens with one attached hydrogen (secondary N) is 1. The second kappa shape index (κ2) is 6.10. The number of hydrogen-bond donors (Lipinski definition) is 2. The number of H-pyrrole nitrogens is 1. The van der Waals surface area contributed by atoms with E-state index in [0.29, 0.717) is 30.1 Å². The summed E-state index contributed by atoms with van der Waals surface area (Å²) in [4.78, 5) is 10.7. The Bertz CT molecular complexity index is 522. The summed E-state index contributed by atoms with van der Waals surface area (Å²) in [6.45, 7) is 1.84. The summed E-state index contributed by atoms with van der Waals surface area (Å²) in [6, 6.07) is 0.620. The minimum Gasteiger partial charge on any atom is -0.396 e. The van der Waals surface area contributed by atoms with Crippen molar-refractivity contribution < 1.29 is 9.63 Å². The van der Waals surface area contributed by atoms with E-state index in [1.54, 1.807) is 0 Å². The van der Waals surface area contributed by atoms with Crippen LogP contribution in [0.5, 0.6) is 0 Å². The first-order valence-electron chi connectivity index (χ1n) is 6.90. The highest BCUT2D eigenvalue weighted by Crippen LogP contribution is 2.28. The Morgan fingerprint density at radius 1 is 1.40 bits per heavy atom. The van der Waals surface area contributed by atoms with E-state index in [4.69, 9.17) is 9.63 Å². The van der Waals surface area contributed by atoms with Crippen molar-refractivity contribution in [1.29, 1.82) is 0 Å². The number of aromatic amines is 1. The number of aliphatic hydroxyl groups excluding tert-OH is 1. The van der Waals surface area contributed by atoms with E-state index in [9.17, 15) is 0 Å². The number of rotatable bonds is 8. The standard InChI is InChI=1S/C12H18N6O2/c19-6-2-1-5-18(9-3-4-9)7-10-15-12(17-20-10)11-13-8-14-16-11/h8-9,19H,1-7H2,(H,13,14,16). The molecule has 0 amide bonds. The average molecular weight is 278 g/mol. The summed E-state index contributed by atoms with van der Waals surface area (Å²) >= 11 is 0. The van der Waals surface area contributed by atoms with Crippen LogP contribution in [0, 0.1) is 0 Å². The van der Waals surface area contributed by atoms with E-state index in [1.165, 1.54) is 19.2 Å². The lowest BCUT2D eigenvalue weighted by molar-refractivity contribution is 0.203. The molecule has 2 aromatic heterocycles. The SMILES string of the molecule is OCCCCN(Cc1nc(-c2ncn[nH]2)no1)C1CC1. The van der Waals surface area contributed by atoms with E-state index in [2.05, 4.69) is 30.2 Å². The summed E-state index contributed by atoms with van der Waals surface area (Å²) in [5.74, 6) is 1.54. The van der Waals surface area contributed by atoms with E-state index >= 15 is 0 Å². The highest BCUT2D eigenvalue weighted by molar-refractivity contribution is 5.39. The Kier molecular flexibility index (Phi) is 4.03. The molecule has 8 heteroatoms. The Balaban J connectivity index is 1.60. The van der Waals surface area contributed by atoms with Crippen molar-refractivity contribution in [2.24, 2.45) is 0 Å². The Morgan fingerprint density at radius 2 is 2.30 bits per heavy atom. The van der Waals surface area contributed by atoms with Crippen LogP contribution in [0.1, 0.15) is 31.6 Å². The Hall–Kier alpha value is -1.80. The van der Waals surface area contributed by atoms with Crippen molar-refractivity contribution in [3.8, 4) is 11.6 Å². The summed E-state index contributed by atoms with van der Waals surface area (Å²) in [5, 5.41) is 19.2. The number of unbranched alkanes of at least 4 members (excludes halogenated alkanes) is 1. The molecule has 1 fully saturated rings. The van der Waals surface area contributed by atoms with Crippen LogP contribution in [-0.2, 0) is 6.54 Å². The fraction of sp³-hybridized carbons (Fsp3) is 0.667. The monoisotopic (exact) mass is 278 g/mol. The molecule has 1 saturated carbocycles. The third-order valence-corrected chi connectivity index (χ3v) is 3.35. The summed E-state index contributed by atoms with van der Waals surface area (Å²) in [7, 11) is 0. The summed E-state index contributed by atoms with van der Waals surface area (Å²) in [6.07, 6.45) is 5.67. The molecule has 0 aliphatic heterocycles. The lowest BCUT2D eigenvalue weighted by Gasteiger charge is -2.19. The molecule has 0 spiro atoms. The average Bonchev–Trinajstić information content (AvgIpc) is 2.97. The Labute approximate surface area is 116 Å². The lowest BCUT2D eigenvalue weighted by Crippen LogP contribution is -2.27. The van der Waals surface area contributed by atoms with Crippen LogP contribution in [0.2, 0.25) is 0 Å². The van der Waals surface area contributed by atoms with Gasteiger partial charge in [-0.05, 0) is 32.2 Å². The van der Waals surface area contributed by atoms with Gasteiger partial charge in [0.05, 0.1) is 6.54 Å². The second-order valence-corrected chi connectivity index (χ2v) is 4.98. The topological polar surface area (TPSA) is 104 Å². The Morgan fingerprint density at radius 3 is 3.00 bits per heavy atom. The molecule has 0 unspecified atom stereocenters. The molecule has 1 aliphatic carbocycles. The van der Waals surface area contributed by atoms with Gasteiger partial charge in [0.2, 0.25) is 11.7 Å². The molecular weight excluding hydrogens is 260 g/mol. The quantitative estimate of drug-likeness (QED) is 0.681. The lowest BCUT2D eigenvalue weighted by atomic mass is 10.3. The highest BCUT2D eigenvalue weighted by atomic mass is 16.5. The van der Waals surface area contributed by atoms with Crippen molar-refractivity contribution in [3.63, 3.8) is 0 Å². The molecule has 2 aromatic rings. The van der Waals surface area contributed by atoms with E-state index in [0.717, 1.165) is 19.4 Å². The number of hydrogen-bond acceptors (Lipinski definition) is 7. The number of aromatic nitrogens is 5. The van der Waals surface area contributed by atoms with Crippen LogP contribution in [-0.4, -0.2) is 54.5 Å². The van der Waals surface area contributed by atoms with Crippen molar-refractivity contribution >= 4 is 0 Å². The molecule has 0 aromatic carbocycles. The van der Waals surface area contributed by atoms with Crippen LogP contribution in [0.15, 0.2) is 10.9 Å². The fourth-order valence-electron chi connectivity index (χ4n) is 2.16. The third kappa shape index (κ3) is 3.20. The zero-order valence-corrected chi connectivity index (χ0v) is 11.2. The fourth-order valence-corrected chi connectivity index (χ4v) is 2.16. The minimum atomic E-state index is 0.245. The number of nitrogens with zero attached hydrogens (tertiary/aromatic N) is 5. The predicted molar refractivity (Wildman–Crippen MR) is 69.4 cm³/mol. The molecule has 0 radical (unpaired) electrons. The molecule has 8 nitrogen and oxygen atoms in total. The van der Waals surface area contributed by atoms with Crippen LogP contribution in [0.3, 0.4) is 0 Å². The first kappa shape index (κ1) is 13.2. The van der Waals surface area contributed by atoms with Gasteiger partial charge in [0.25, 0.3) is 0 Å². The molecule has 2 N–H and O–H groups in total. The van der Waals surface area contributed by atoms with Crippen molar-refractivity contribution in [3.05, 3.63) is 12.2 Å². The van der Waals surface area contributed by atoms with Gasteiger partial charge in [-0.1, -0.05) is 5.16 Å². The van der Waals surface area contributed by atoms with Gasteiger partial charge in [0.1, 0.15) is 6.33 Å². The minimum absolute atomic E-state index is 0.245. The van der Waals surface area contributed by atoms with E-state index in [-0.39, 0.29) is 6.61 Å². The molecule has 3 rings (SSSR count). The van der Waals surface area contributed by atoms with Gasteiger partial charge in [0, 0.05) is 12.6 Å². The van der Waals surface area contributed by atoms with Crippen LogP contribution < -0.4 is 0 Å². The molecule has 1 aliphatic rings. The van der Waals surface area contributed by atoms with Gasteiger partial charge < -0.3 is 9.63 Å². The highest BCUT2D eigenvalue weighted by Gasteiger charge is 2.29. The zero-order chi connectivity index (χ0) is 13.8. The van der Waals surface area contributed by atoms with Crippen LogP contribution >= 0.6 is 0 Å². The van der Waals surface area contributed by atoms with Gasteiger partial charge in [-0.3, -0.25) is 10.00 Å². The second-order valence-electron chi connectivity index (χ2n) is 4.98. The van der Waals surface area contributed by atoms with Crippen molar-refractivity contribution in [1.82, 2.24) is 30.2 Å². The summed E-state index contributed by atoms with van der Waals surface area (Å²) < 4.78 is 5.26. The summed E-state index contributed by atoms with van der Waals surface area (Å²) in [5.41, 5.74) is 0. The van der Waals surface area contributed by atoms with Crippen molar-refractivity contribution in [2.75, 3.05) is 13.2 Å². The normalized spacial score (nSPS) is 15.1. The smallest absolute Gasteiger partial charge is 0.241 e. The predicted octanol–water partition coefficient (Wildman–Crippen LogP) is 0.592. The molecule has 20 heavy (non-hydrogen) atoms. The van der Waals surface area contributed by atoms with Gasteiger partial charge in [-0.15, -0.1) is 0 Å². The van der Waals surface area contributed by atoms with Crippen LogP contribution in [0.4, 0.5) is 0 Å². The first-order valence-corrected chi connectivity index (χ1v) is 6.90. The molecule has 108 valence electrons. The largest absolute Gasteiger partial charge is 0.396 e. The number of aliphatic hydroxyl groups is 1. The van der Waals surface area contributed by atoms with Crippen LogP contribution in [0.25, 0.3) is 11.6 Å². The molecule has 0 saturated heterocycles. The van der Waals surface area contributed by atoms with Gasteiger partial charge in [-0.25, -0.2) is 4.98 Å². The first-order chi connectivity index (χ1) is 9.86. The maximum absolute atomic E-state index is 8.86.